The molecule has 0 aromatic carbocycles. The molecule has 0 radical (unpaired) electrons. The van der Waals surface area contributed by atoms with Gasteiger partial charge < -0.3 is 0 Å². The average Bonchev–Trinajstić information content (AvgIpc) is 2.53. The maximum atomic E-state index is 2.84. The molecule has 1 saturated heterocycles. The summed E-state index contributed by atoms with van der Waals surface area (Å²) in [7, 11) is 0. The molecule has 0 amide bonds. The normalized spacial score (nSPS) is 18.3. The van der Waals surface area contributed by atoms with Gasteiger partial charge in [0.05, 0.1) is 6.17 Å². The first-order valence-corrected chi connectivity index (χ1v) is 10.5. The van der Waals surface area contributed by atoms with Gasteiger partial charge in [-0.1, -0.05) is 60.3 Å². The molecule has 0 aromatic heterocycles. The van der Waals surface area contributed by atoms with Crippen LogP contribution >= 0.6 is 0 Å². The van der Waals surface area contributed by atoms with Gasteiger partial charge in [-0.2, -0.15) is 0 Å². The van der Waals surface area contributed by atoms with Gasteiger partial charge in [0.2, 0.25) is 0 Å². The van der Waals surface area contributed by atoms with Gasteiger partial charge in [0.25, 0.3) is 0 Å². The van der Waals surface area contributed by atoms with E-state index >= 15 is 0 Å². The lowest BCUT2D eigenvalue weighted by Crippen LogP contribution is -2.51. The van der Waals surface area contributed by atoms with Gasteiger partial charge in [-0.05, 0) is 70.1 Å². The highest BCUT2D eigenvalue weighted by molar-refractivity contribution is 4.77. The Kier molecular flexibility index (Phi) is 11.2. The van der Waals surface area contributed by atoms with Crippen molar-refractivity contribution in [1.29, 1.82) is 0 Å². The molecule has 138 valence electrons. The summed E-state index contributed by atoms with van der Waals surface area (Å²) in [6, 6.07) is 0. The van der Waals surface area contributed by atoms with Gasteiger partial charge in [-0.25, -0.2) is 0 Å². The molecule has 0 aliphatic carbocycles. The largest absolute Gasteiger partial charge is 0.288 e. The van der Waals surface area contributed by atoms with Crippen molar-refractivity contribution < 1.29 is 0 Å². The smallest absolute Gasteiger partial charge is 0.0622 e. The first-order chi connectivity index (χ1) is 11.0. The molecule has 1 rings (SSSR count). The molecule has 1 heterocycles. The molecule has 2 heteroatoms. The van der Waals surface area contributed by atoms with Crippen molar-refractivity contribution in [3.05, 3.63) is 0 Å². The van der Waals surface area contributed by atoms with E-state index in [-0.39, 0.29) is 0 Å². The maximum absolute atomic E-state index is 2.84. The van der Waals surface area contributed by atoms with Crippen molar-refractivity contribution in [3.8, 4) is 0 Å². The molecule has 2 nitrogen and oxygen atoms in total. The van der Waals surface area contributed by atoms with E-state index in [1.807, 2.05) is 0 Å². The zero-order valence-corrected chi connectivity index (χ0v) is 16.8. The number of likely N-dealkylation sites (tertiary alicyclic amines) is 1. The summed E-state index contributed by atoms with van der Waals surface area (Å²) in [6.07, 6.45) is 13.1. The van der Waals surface area contributed by atoms with Gasteiger partial charge in [-0.15, -0.1) is 0 Å². The number of nitrogens with zero attached hydrogens (tertiary/aromatic N) is 2. The Hall–Kier alpha value is -0.0800. The number of rotatable bonds is 12. The van der Waals surface area contributed by atoms with Gasteiger partial charge in [0, 0.05) is 0 Å². The van der Waals surface area contributed by atoms with Crippen LogP contribution in [0.2, 0.25) is 0 Å². The van der Waals surface area contributed by atoms with Crippen LogP contribution < -0.4 is 0 Å². The van der Waals surface area contributed by atoms with Crippen LogP contribution in [0, 0.1) is 11.8 Å². The average molecular weight is 325 g/mol. The Morgan fingerprint density at radius 2 is 1.43 bits per heavy atom. The fourth-order valence-electron chi connectivity index (χ4n) is 3.77. The summed E-state index contributed by atoms with van der Waals surface area (Å²) >= 11 is 0. The molecule has 1 atom stereocenters. The number of unbranched alkanes of at least 4 members (excludes halogenated alkanes) is 1. The summed E-state index contributed by atoms with van der Waals surface area (Å²) < 4.78 is 0. The number of hydrogen-bond donors (Lipinski definition) is 0. The van der Waals surface area contributed by atoms with E-state index in [9.17, 15) is 0 Å². The highest BCUT2D eigenvalue weighted by Crippen LogP contribution is 2.21. The van der Waals surface area contributed by atoms with E-state index in [0.29, 0.717) is 6.17 Å². The monoisotopic (exact) mass is 324 g/mol. The Bertz CT molecular complexity index is 269. The standard InChI is InChI=1S/C21H44N2/c1-6-12-21(22-15-9-7-10-16-22)23(18-14-20(4)5)17-11-8-13-19(2)3/h19-21H,6-18H2,1-5H3. The number of piperidine rings is 1. The summed E-state index contributed by atoms with van der Waals surface area (Å²) in [5, 5.41) is 0. The Morgan fingerprint density at radius 1 is 0.783 bits per heavy atom. The molecule has 23 heavy (non-hydrogen) atoms. The van der Waals surface area contributed by atoms with Gasteiger partial charge in [0.15, 0.2) is 0 Å². The first kappa shape index (κ1) is 21.0. The van der Waals surface area contributed by atoms with Gasteiger partial charge in [-0.3, -0.25) is 9.80 Å². The van der Waals surface area contributed by atoms with Gasteiger partial charge >= 0.3 is 0 Å². The van der Waals surface area contributed by atoms with E-state index in [1.165, 1.54) is 84.0 Å². The zero-order chi connectivity index (χ0) is 17.1. The molecule has 0 saturated carbocycles. The van der Waals surface area contributed by atoms with Crippen LogP contribution in [0.3, 0.4) is 0 Å². The van der Waals surface area contributed by atoms with E-state index in [4.69, 9.17) is 0 Å². The Labute approximate surface area is 147 Å². The van der Waals surface area contributed by atoms with Gasteiger partial charge in [0.1, 0.15) is 0 Å². The lowest BCUT2D eigenvalue weighted by Gasteiger charge is -2.42. The van der Waals surface area contributed by atoms with Crippen molar-refractivity contribution in [1.82, 2.24) is 9.80 Å². The lowest BCUT2D eigenvalue weighted by atomic mass is 10.0. The third-order valence-corrected chi connectivity index (χ3v) is 5.25. The minimum atomic E-state index is 0.707. The Morgan fingerprint density at radius 3 is 2.00 bits per heavy atom. The predicted octanol–water partition coefficient (Wildman–Crippen LogP) is 5.77. The fourth-order valence-corrected chi connectivity index (χ4v) is 3.77. The molecule has 1 unspecified atom stereocenters. The summed E-state index contributed by atoms with van der Waals surface area (Å²) in [4.78, 5) is 5.64. The fraction of sp³-hybridized carbons (Fsp3) is 1.00. The lowest BCUT2D eigenvalue weighted by molar-refractivity contribution is 0.0185. The maximum Gasteiger partial charge on any atom is 0.0622 e. The van der Waals surface area contributed by atoms with E-state index in [2.05, 4.69) is 44.4 Å². The van der Waals surface area contributed by atoms with Crippen molar-refractivity contribution >= 4 is 0 Å². The molecule has 1 aliphatic rings. The molecular formula is C21H44N2. The van der Waals surface area contributed by atoms with E-state index < -0.39 is 0 Å². The molecular weight excluding hydrogens is 280 g/mol. The van der Waals surface area contributed by atoms with Crippen LogP contribution in [0.5, 0.6) is 0 Å². The molecule has 0 N–H and O–H groups in total. The summed E-state index contributed by atoms with van der Waals surface area (Å²) in [5.74, 6) is 1.67. The molecule has 0 aromatic rings. The second-order valence-corrected chi connectivity index (χ2v) is 8.47. The third kappa shape index (κ3) is 9.10. The van der Waals surface area contributed by atoms with E-state index in [0.717, 1.165) is 11.8 Å². The van der Waals surface area contributed by atoms with Crippen LogP contribution in [-0.4, -0.2) is 42.1 Å². The van der Waals surface area contributed by atoms with Crippen molar-refractivity contribution in [2.24, 2.45) is 11.8 Å². The van der Waals surface area contributed by atoms with Crippen molar-refractivity contribution in [2.75, 3.05) is 26.2 Å². The minimum absolute atomic E-state index is 0.707. The van der Waals surface area contributed by atoms with Crippen molar-refractivity contribution in [3.63, 3.8) is 0 Å². The van der Waals surface area contributed by atoms with Crippen LogP contribution in [0.4, 0.5) is 0 Å². The van der Waals surface area contributed by atoms with Crippen LogP contribution in [0.25, 0.3) is 0 Å². The quantitative estimate of drug-likeness (QED) is 0.420. The molecule has 1 aliphatic heterocycles. The molecule has 1 fully saturated rings. The van der Waals surface area contributed by atoms with E-state index in [1.54, 1.807) is 0 Å². The van der Waals surface area contributed by atoms with Crippen LogP contribution in [0.1, 0.15) is 92.4 Å². The third-order valence-electron chi connectivity index (χ3n) is 5.25. The number of hydrogen-bond acceptors (Lipinski definition) is 2. The second-order valence-electron chi connectivity index (χ2n) is 8.47. The van der Waals surface area contributed by atoms with Crippen molar-refractivity contribution in [2.45, 2.75) is 98.6 Å². The molecule has 0 bridgehead atoms. The SMILES string of the molecule is CCCC(N1CCCCC1)N(CCCCC(C)C)CCC(C)C. The summed E-state index contributed by atoms with van der Waals surface area (Å²) in [5.41, 5.74) is 0. The first-order valence-electron chi connectivity index (χ1n) is 10.5. The van der Waals surface area contributed by atoms with Crippen LogP contribution in [-0.2, 0) is 0 Å². The van der Waals surface area contributed by atoms with Crippen LogP contribution in [0.15, 0.2) is 0 Å². The predicted molar refractivity (Wildman–Crippen MR) is 104 cm³/mol. The highest BCUT2D eigenvalue weighted by Gasteiger charge is 2.25. The minimum Gasteiger partial charge on any atom is -0.288 e. The topological polar surface area (TPSA) is 6.48 Å². The second kappa shape index (κ2) is 12.3. The zero-order valence-electron chi connectivity index (χ0n) is 16.8. The Balaban J connectivity index is 2.59. The highest BCUT2D eigenvalue weighted by atomic mass is 15.3. The summed E-state index contributed by atoms with van der Waals surface area (Å²) in [6.45, 7) is 17.1. The molecule has 0 spiro atoms.